The predicted molar refractivity (Wildman–Crippen MR) is 67.9 cm³/mol. The first kappa shape index (κ1) is 12.5. The Labute approximate surface area is 100.0 Å². The first-order valence-corrected chi connectivity index (χ1v) is 5.94. The molecule has 1 nitrogen and oxygen atoms in total. The zero-order chi connectivity index (χ0) is 11.4. The van der Waals surface area contributed by atoms with E-state index in [1.54, 1.807) is 0 Å². The standard InChI is InChI=1S/C13H17BrO/c1-4-9(2)8-13(15)11-6-5-10(3)7-12(11)14/h5-7,13,15H,2,4,8H2,1,3H3. The summed E-state index contributed by atoms with van der Waals surface area (Å²) < 4.78 is 0.971. The Hall–Kier alpha value is -0.600. The van der Waals surface area contributed by atoms with Crippen LogP contribution in [0, 0.1) is 6.92 Å². The van der Waals surface area contributed by atoms with Crippen molar-refractivity contribution in [1.29, 1.82) is 0 Å². The van der Waals surface area contributed by atoms with Crippen molar-refractivity contribution in [3.05, 3.63) is 46.0 Å². The maximum atomic E-state index is 10.0. The van der Waals surface area contributed by atoms with E-state index in [2.05, 4.69) is 29.4 Å². The Bertz CT molecular complexity index is 358. The van der Waals surface area contributed by atoms with Gasteiger partial charge >= 0.3 is 0 Å². The van der Waals surface area contributed by atoms with Gasteiger partial charge in [-0.05, 0) is 37.0 Å². The molecule has 0 aromatic heterocycles. The summed E-state index contributed by atoms with van der Waals surface area (Å²) in [4.78, 5) is 0. The molecule has 0 aliphatic heterocycles. The van der Waals surface area contributed by atoms with E-state index in [9.17, 15) is 5.11 Å². The van der Waals surface area contributed by atoms with Gasteiger partial charge < -0.3 is 5.11 Å². The molecule has 1 unspecified atom stereocenters. The Morgan fingerprint density at radius 1 is 1.53 bits per heavy atom. The fraction of sp³-hybridized carbons (Fsp3) is 0.385. The highest BCUT2D eigenvalue weighted by molar-refractivity contribution is 9.10. The number of halogens is 1. The van der Waals surface area contributed by atoms with E-state index in [4.69, 9.17) is 0 Å². The molecule has 1 atom stereocenters. The summed E-state index contributed by atoms with van der Waals surface area (Å²) in [6, 6.07) is 6.00. The lowest BCUT2D eigenvalue weighted by molar-refractivity contribution is 0.177. The maximum Gasteiger partial charge on any atom is 0.0837 e. The molecule has 1 rings (SSSR count). The minimum absolute atomic E-state index is 0.451. The summed E-state index contributed by atoms with van der Waals surface area (Å²) >= 11 is 3.47. The second-order valence-electron chi connectivity index (χ2n) is 3.85. The molecule has 1 N–H and O–H groups in total. The third kappa shape index (κ3) is 3.47. The number of benzene rings is 1. The summed E-state index contributed by atoms with van der Waals surface area (Å²) in [6.45, 7) is 8.00. The van der Waals surface area contributed by atoms with Crippen LogP contribution in [0.3, 0.4) is 0 Å². The first-order valence-electron chi connectivity index (χ1n) is 5.15. The Morgan fingerprint density at radius 2 is 2.20 bits per heavy atom. The fourth-order valence-electron chi connectivity index (χ4n) is 1.43. The van der Waals surface area contributed by atoms with Crippen LogP contribution in [0.5, 0.6) is 0 Å². The second kappa shape index (κ2) is 5.47. The molecule has 0 aliphatic rings. The summed E-state index contributed by atoms with van der Waals surface area (Å²) in [5, 5.41) is 10.0. The number of aliphatic hydroxyl groups is 1. The smallest absolute Gasteiger partial charge is 0.0837 e. The van der Waals surface area contributed by atoms with Crippen LogP contribution in [0.1, 0.15) is 37.0 Å². The van der Waals surface area contributed by atoms with Crippen LogP contribution in [-0.2, 0) is 0 Å². The van der Waals surface area contributed by atoms with Crippen LogP contribution in [0.2, 0.25) is 0 Å². The van der Waals surface area contributed by atoms with Crippen molar-refractivity contribution in [3.63, 3.8) is 0 Å². The molecule has 0 bridgehead atoms. The number of aliphatic hydroxyl groups excluding tert-OH is 1. The predicted octanol–water partition coefficient (Wildman–Crippen LogP) is 4.15. The molecule has 15 heavy (non-hydrogen) atoms. The van der Waals surface area contributed by atoms with E-state index >= 15 is 0 Å². The molecule has 0 amide bonds. The quantitative estimate of drug-likeness (QED) is 0.814. The zero-order valence-corrected chi connectivity index (χ0v) is 10.8. The van der Waals surface area contributed by atoms with Crippen LogP contribution in [0.4, 0.5) is 0 Å². The minimum Gasteiger partial charge on any atom is -0.388 e. The largest absolute Gasteiger partial charge is 0.388 e. The van der Waals surface area contributed by atoms with Crippen LogP contribution >= 0.6 is 15.9 Å². The van der Waals surface area contributed by atoms with Gasteiger partial charge in [0.1, 0.15) is 0 Å². The SMILES string of the molecule is C=C(CC)CC(O)c1ccc(C)cc1Br. The van der Waals surface area contributed by atoms with Crippen molar-refractivity contribution in [3.8, 4) is 0 Å². The fourth-order valence-corrected chi connectivity index (χ4v) is 2.19. The van der Waals surface area contributed by atoms with Gasteiger partial charge in [0.05, 0.1) is 6.10 Å². The molecule has 0 radical (unpaired) electrons. The average Bonchev–Trinajstić information content (AvgIpc) is 2.17. The summed E-state index contributed by atoms with van der Waals surface area (Å²) in [5.41, 5.74) is 3.21. The number of rotatable bonds is 4. The lowest BCUT2D eigenvalue weighted by atomic mass is 10.0. The van der Waals surface area contributed by atoms with Crippen LogP contribution < -0.4 is 0 Å². The molecule has 0 fully saturated rings. The normalized spacial score (nSPS) is 12.5. The first-order chi connectivity index (χ1) is 7.04. The summed E-state index contributed by atoms with van der Waals surface area (Å²) in [7, 11) is 0. The van der Waals surface area contributed by atoms with E-state index in [0.29, 0.717) is 6.42 Å². The zero-order valence-electron chi connectivity index (χ0n) is 9.26. The van der Waals surface area contributed by atoms with Crippen molar-refractivity contribution < 1.29 is 5.11 Å². The molecule has 1 aromatic carbocycles. The summed E-state index contributed by atoms with van der Waals surface area (Å²) in [5.74, 6) is 0. The van der Waals surface area contributed by atoms with Gasteiger partial charge in [-0.25, -0.2) is 0 Å². The van der Waals surface area contributed by atoms with Crippen LogP contribution in [-0.4, -0.2) is 5.11 Å². The van der Waals surface area contributed by atoms with E-state index in [0.717, 1.165) is 22.0 Å². The Morgan fingerprint density at radius 3 is 2.73 bits per heavy atom. The summed E-state index contributed by atoms with van der Waals surface area (Å²) in [6.07, 6.45) is 1.10. The monoisotopic (exact) mass is 268 g/mol. The van der Waals surface area contributed by atoms with Gasteiger partial charge in [-0.1, -0.05) is 47.1 Å². The molecule has 0 saturated heterocycles. The number of hydrogen-bond donors (Lipinski definition) is 1. The van der Waals surface area contributed by atoms with Crippen molar-refractivity contribution >= 4 is 15.9 Å². The van der Waals surface area contributed by atoms with Crippen LogP contribution in [0.25, 0.3) is 0 Å². The molecule has 82 valence electrons. The highest BCUT2D eigenvalue weighted by Crippen LogP contribution is 2.28. The molecule has 0 heterocycles. The third-order valence-corrected chi connectivity index (χ3v) is 3.18. The molecule has 2 heteroatoms. The second-order valence-corrected chi connectivity index (χ2v) is 4.70. The molecular weight excluding hydrogens is 252 g/mol. The van der Waals surface area contributed by atoms with Gasteiger partial charge in [0.25, 0.3) is 0 Å². The minimum atomic E-state index is -0.451. The molecular formula is C13H17BrO. The molecule has 0 aliphatic carbocycles. The van der Waals surface area contributed by atoms with Crippen molar-refractivity contribution in [2.24, 2.45) is 0 Å². The highest BCUT2D eigenvalue weighted by Gasteiger charge is 2.11. The van der Waals surface area contributed by atoms with Crippen molar-refractivity contribution in [2.75, 3.05) is 0 Å². The average molecular weight is 269 g/mol. The van der Waals surface area contributed by atoms with E-state index in [-0.39, 0.29) is 0 Å². The molecule has 0 spiro atoms. The number of hydrogen-bond acceptors (Lipinski definition) is 1. The third-order valence-electron chi connectivity index (χ3n) is 2.50. The molecule has 0 saturated carbocycles. The molecule has 1 aromatic rings. The van der Waals surface area contributed by atoms with Gasteiger partial charge in [-0.15, -0.1) is 0 Å². The van der Waals surface area contributed by atoms with Gasteiger partial charge in [-0.2, -0.15) is 0 Å². The number of aryl methyl sites for hydroxylation is 1. The Balaban J connectivity index is 2.82. The van der Waals surface area contributed by atoms with Gasteiger partial charge in [0.15, 0.2) is 0 Å². The lowest BCUT2D eigenvalue weighted by Gasteiger charge is -2.14. The lowest BCUT2D eigenvalue weighted by Crippen LogP contribution is -2.00. The van der Waals surface area contributed by atoms with Gasteiger partial charge in [0, 0.05) is 4.47 Å². The Kier molecular flexibility index (Phi) is 4.55. The van der Waals surface area contributed by atoms with Crippen LogP contribution in [0.15, 0.2) is 34.8 Å². The highest BCUT2D eigenvalue weighted by atomic mass is 79.9. The van der Waals surface area contributed by atoms with Crippen molar-refractivity contribution in [1.82, 2.24) is 0 Å². The maximum absolute atomic E-state index is 10.0. The van der Waals surface area contributed by atoms with E-state index in [1.807, 2.05) is 25.1 Å². The van der Waals surface area contributed by atoms with Crippen molar-refractivity contribution in [2.45, 2.75) is 32.8 Å². The van der Waals surface area contributed by atoms with E-state index in [1.165, 1.54) is 5.56 Å². The van der Waals surface area contributed by atoms with Gasteiger partial charge in [-0.3, -0.25) is 0 Å². The van der Waals surface area contributed by atoms with E-state index < -0.39 is 6.10 Å². The van der Waals surface area contributed by atoms with Gasteiger partial charge in [0.2, 0.25) is 0 Å². The topological polar surface area (TPSA) is 20.2 Å².